The zero-order valence-electron chi connectivity index (χ0n) is 10.1. The van der Waals surface area contributed by atoms with Crippen LogP contribution in [0.5, 0.6) is 0 Å². The molecule has 104 valence electrons. The second-order valence-electron chi connectivity index (χ2n) is 3.81. The number of carboxylic acids is 1. The topological polar surface area (TPSA) is 78.4 Å². The van der Waals surface area contributed by atoms with E-state index in [1.165, 1.54) is 0 Å². The smallest absolute Gasteiger partial charge is 0.314 e. The van der Waals surface area contributed by atoms with Crippen molar-refractivity contribution in [3.05, 3.63) is 33.3 Å². The first-order valence-electron chi connectivity index (χ1n) is 5.66. The van der Waals surface area contributed by atoms with Crippen LogP contribution in [0.2, 0.25) is 5.02 Å². The quantitative estimate of drug-likeness (QED) is 0.738. The minimum atomic E-state index is -0.943. The third kappa shape index (κ3) is 6.45. The Morgan fingerprint density at radius 2 is 1.95 bits per heavy atom. The van der Waals surface area contributed by atoms with E-state index in [4.69, 9.17) is 16.7 Å². The van der Waals surface area contributed by atoms with Crippen molar-refractivity contribution in [3.8, 4) is 0 Å². The van der Waals surface area contributed by atoms with E-state index in [0.717, 1.165) is 10.0 Å². The molecule has 0 unspecified atom stereocenters. The largest absolute Gasteiger partial charge is 0.481 e. The molecule has 1 rings (SSSR count). The highest BCUT2D eigenvalue weighted by Crippen LogP contribution is 2.21. The second kappa shape index (κ2) is 8.01. The Bertz CT molecular complexity index is 468. The Kier molecular flexibility index (Phi) is 6.66. The number of nitrogens with one attached hydrogen (secondary N) is 2. The number of hydrogen-bond donors (Lipinski definition) is 3. The maximum Gasteiger partial charge on any atom is 0.314 e. The van der Waals surface area contributed by atoms with Crippen molar-refractivity contribution in [2.45, 2.75) is 12.8 Å². The molecule has 0 radical (unpaired) electrons. The average molecular weight is 350 g/mol. The van der Waals surface area contributed by atoms with E-state index in [1.807, 2.05) is 12.1 Å². The molecule has 7 heteroatoms. The minimum absolute atomic E-state index is 0.0913. The fraction of sp³-hybridized carbons (Fsp3) is 0.333. The number of amides is 2. The van der Waals surface area contributed by atoms with Crippen LogP contribution >= 0.6 is 27.5 Å². The van der Waals surface area contributed by atoms with Crippen LogP contribution in [0.15, 0.2) is 22.7 Å². The van der Waals surface area contributed by atoms with Crippen molar-refractivity contribution in [1.29, 1.82) is 0 Å². The summed E-state index contributed by atoms with van der Waals surface area (Å²) in [7, 11) is 0. The lowest BCUT2D eigenvalue weighted by Gasteiger charge is -2.08. The Morgan fingerprint density at radius 3 is 2.58 bits per heavy atom. The van der Waals surface area contributed by atoms with E-state index >= 15 is 0 Å². The number of rotatable bonds is 6. The zero-order valence-corrected chi connectivity index (χ0v) is 12.4. The first-order chi connectivity index (χ1) is 8.99. The van der Waals surface area contributed by atoms with E-state index in [1.54, 1.807) is 6.07 Å². The summed E-state index contributed by atoms with van der Waals surface area (Å²) >= 11 is 9.36. The van der Waals surface area contributed by atoms with Gasteiger partial charge in [0.1, 0.15) is 0 Å². The van der Waals surface area contributed by atoms with Crippen LogP contribution in [0, 0.1) is 0 Å². The highest BCUT2D eigenvalue weighted by Gasteiger charge is 2.04. The van der Waals surface area contributed by atoms with Gasteiger partial charge in [-0.15, -0.1) is 0 Å². The summed E-state index contributed by atoms with van der Waals surface area (Å²) in [5.74, 6) is -0.943. The standard InChI is InChI=1S/C12H14BrClN2O3/c13-9-2-1-8(10(14)7-9)3-5-15-12(19)16-6-4-11(17)18/h1-2,7H,3-6H2,(H,17,18)(H2,15,16,19). The number of aliphatic carboxylic acids is 1. The lowest BCUT2D eigenvalue weighted by molar-refractivity contribution is -0.136. The summed E-state index contributed by atoms with van der Waals surface area (Å²) in [5.41, 5.74) is 0.940. The molecule has 0 atom stereocenters. The molecule has 0 fully saturated rings. The van der Waals surface area contributed by atoms with Crippen molar-refractivity contribution >= 4 is 39.5 Å². The summed E-state index contributed by atoms with van der Waals surface area (Å²) in [5, 5.41) is 14.1. The lowest BCUT2D eigenvalue weighted by Crippen LogP contribution is -2.37. The van der Waals surface area contributed by atoms with Gasteiger partial charge in [0.25, 0.3) is 0 Å². The highest BCUT2D eigenvalue weighted by molar-refractivity contribution is 9.10. The highest BCUT2D eigenvalue weighted by atomic mass is 79.9. The number of carboxylic acid groups (broad SMARTS) is 1. The Labute approximate surface area is 124 Å². The van der Waals surface area contributed by atoms with Crippen LogP contribution in [0.1, 0.15) is 12.0 Å². The number of hydrogen-bond acceptors (Lipinski definition) is 2. The van der Waals surface area contributed by atoms with Gasteiger partial charge in [-0.1, -0.05) is 33.6 Å². The van der Waals surface area contributed by atoms with E-state index in [0.29, 0.717) is 18.0 Å². The number of carbonyl (C=O) groups excluding carboxylic acids is 1. The van der Waals surface area contributed by atoms with Crippen LogP contribution < -0.4 is 10.6 Å². The van der Waals surface area contributed by atoms with E-state index in [9.17, 15) is 9.59 Å². The Morgan fingerprint density at radius 1 is 1.26 bits per heavy atom. The third-order valence-electron chi connectivity index (χ3n) is 2.32. The molecule has 0 saturated carbocycles. The summed E-state index contributed by atoms with van der Waals surface area (Å²) in [6.45, 7) is 0.542. The van der Waals surface area contributed by atoms with Crippen molar-refractivity contribution in [2.24, 2.45) is 0 Å². The molecule has 0 aliphatic carbocycles. The molecule has 0 aromatic heterocycles. The number of benzene rings is 1. The molecular weight excluding hydrogens is 336 g/mol. The van der Waals surface area contributed by atoms with Crippen molar-refractivity contribution in [3.63, 3.8) is 0 Å². The second-order valence-corrected chi connectivity index (χ2v) is 5.14. The molecular formula is C12H14BrClN2O3. The normalized spacial score (nSPS) is 10.0. The molecule has 0 saturated heterocycles. The average Bonchev–Trinajstić information content (AvgIpc) is 2.31. The van der Waals surface area contributed by atoms with Crippen LogP contribution in [-0.4, -0.2) is 30.2 Å². The van der Waals surface area contributed by atoms with Gasteiger partial charge in [-0.2, -0.15) is 0 Å². The molecule has 0 heterocycles. The molecule has 0 aliphatic rings. The first-order valence-corrected chi connectivity index (χ1v) is 6.83. The SMILES string of the molecule is O=C(O)CCNC(=O)NCCc1ccc(Br)cc1Cl. The van der Waals surface area contributed by atoms with Gasteiger partial charge in [0.15, 0.2) is 0 Å². The lowest BCUT2D eigenvalue weighted by atomic mass is 10.1. The maximum absolute atomic E-state index is 11.3. The summed E-state index contributed by atoms with van der Waals surface area (Å²) in [6.07, 6.45) is 0.518. The predicted molar refractivity (Wildman–Crippen MR) is 76.5 cm³/mol. The van der Waals surface area contributed by atoms with Crippen LogP contribution in [0.3, 0.4) is 0 Å². The van der Waals surface area contributed by atoms with Gasteiger partial charge in [0, 0.05) is 22.6 Å². The zero-order chi connectivity index (χ0) is 14.3. The number of halogens is 2. The van der Waals surface area contributed by atoms with Crippen molar-refractivity contribution in [1.82, 2.24) is 10.6 Å². The molecule has 0 bridgehead atoms. The van der Waals surface area contributed by atoms with E-state index in [-0.39, 0.29) is 19.0 Å². The Hall–Kier alpha value is -1.27. The molecule has 2 amide bonds. The molecule has 1 aromatic rings. The first kappa shape index (κ1) is 15.8. The maximum atomic E-state index is 11.3. The predicted octanol–water partition coefficient (Wildman–Crippen LogP) is 2.42. The number of urea groups is 1. The summed E-state index contributed by atoms with van der Waals surface area (Å²) in [6, 6.07) is 5.18. The van der Waals surface area contributed by atoms with Crippen molar-refractivity contribution < 1.29 is 14.7 Å². The fourth-order valence-corrected chi connectivity index (χ4v) is 2.15. The summed E-state index contributed by atoms with van der Waals surface area (Å²) in [4.78, 5) is 21.6. The molecule has 1 aromatic carbocycles. The van der Waals surface area contributed by atoms with Crippen LogP contribution in [0.4, 0.5) is 4.79 Å². The molecule has 0 aliphatic heterocycles. The van der Waals surface area contributed by atoms with Gasteiger partial charge in [0.05, 0.1) is 6.42 Å². The fourth-order valence-electron chi connectivity index (χ4n) is 1.38. The third-order valence-corrected chi connectivity index (χ3v) is 3.16. The van der Waals surface area contributed by atoms with Gasteiger partial charge >= 0.3 is 12.0 Å². The molecule has 19 heavy (non-hydrogen) atoms. The monoisotopic (exact) mass is 348 g/mol. The molecule has 0 spiro atoms. The van der Waals surface area contributed by atoms with Crippen LogP contribution in [-0.2, 0) is 11.2 Å². The van der Waals surface area contributed by atoms with Gasteiger partial charge in [-0.25, -0.2) is 4.79 Å². The van der Waals surface area contributed by atoms with E-state index < -0.39 is 5.97 Å². The van der Waals surface area contributed by atoms with Gasteiger partial charge < -0.3 is 15.7 Å². The summed E-state index contributed by atoms with van der Waals surface area (Å²) < 4.78 is 0.903. The molecule has 5 nitrogen and oxygen atoms in total. The van der Waals surface area contributed by atoms with Crippen molar-refractivity contribution in [2.75, 3.05) is 13.1 Å². The van der Waals surface area contributed by atoms with Gasteiger partial charge in [-0.05, 0) is 24.1 Å². The van der Waals surface area contributed by atoms with E-state index in [2.05, 4.69) is 26.6 Å². The Balaban J connectivity index is 2.26. The van der Waals surface area contributed by atoms with Crippen LogP contribution in [0.25, 0.3) is 0 Å². The molecule has 3 N–H and O–H groups in total. The minimum Gasteiger partial charge on any atom is -0.481 e. The van der Waals surface area contributed by atoms with Gasteiger partial charge in [-0.3, -0.25) is 4.79 Å². The van der Waals surface area contributed by atoms with Gasteiger partial charge in [0.2, 0.25) is 0 Å². The number of carbonyl (C=O) groups is 2.